The number of amides is 1. The van der Waals surface area contributed by atoms with Gasteiger partial charge in [0.05, 0.1) is 11.8 Å². The van der Waals surface area contributed by atoms with Crippen LogP contribution in [-0.4, -0.2) is 22.6 Å². The van der Waals surface area contributed by atoms with E-state index in [4.69, 9.17) is 4.52 Å². The van der Waals surface area contributed by atoms with Crippen molar-refractivity contribution in [1.29, 1.82) is 0 Å². The highest BCUT2D eigenvalue weighted by molar-refractivity contribution is 5.80. The second kappa shape index (κ2) is 6.73. The summed E-state index contributed by atoms with van der Waals surface area (Å²) in [5.41, 5.74) is 0.723. The molecule has 2 aromatic rings. The number of benzene rings is 1. The number of aromatic nitrogens is 2. The van der Waals surface area contributed by atoms with E-state index in [2.05, 4.69) is 15.5 Å². The third-order valence-electron chi connectivity index (χ3n) is 6.84. The molecule has 142 valence electrons. The number of carbonyl (C=O) groups is 1. The van der Waals surface area contributed by atoms with Crippen LogP contribution in [0.3, 0.4) is 0 Å². The van der Waals surface area contributed by atoms with Crippen LogP contribution in [0.15, 0.2) is 28.8 Å². The van der Waals surface area contributed by atoms with E-state index in [0.29, 0.717) is 29.5 Å². The predicted molar refractivity (Wildman–Crippen MR) is 97.1 cm³/mol. The monoisotopic (exact) mass is 369 g/mol. The molecule has 3 fully saturated rings. The summed E-state index contributed by atoms with van der Waals surface area (Å²) in [4.78, 5) is 17.5. The molecular formula is C21H24FN3O2. The van der Waals surface area contributed by atoms with E-state index in [1.807, 2.05) is 0 Å². The molecule has 3 aliphatic rings. The lowest BCUT2D eigenvalue weighted by Crippen LogP contribution is -2.40. The number of nitrogens with one attached hydrogen (secondary N) is 1. The fourth-order valence-corrected chi connectivity index (χ4v) is 5.17. The Labute approximate surface area is 157 Å². The van der Waals surface area contributed by atoms with Gasteiger partial charge >= 0.3 is 0 Å². The van der Waals surface area contributed by atoms with E-state index in [1.54, 1.807) is 12.1 Å². The average molecular weight is 369 g/mol. The minimum atomic E-state index is -0.293. The maximum atomic E-state index is 13.1. The summed E-state index contributed by atoms with van der Waals surface area (Å²) in [5, 5.41) is 7.28. The Balaban J connectivity index is 1.36. The lowest BCUT2D eigenvalue weighted by Gasteiger charge is -2.30. The van der Waals surface area contributed by atoms with Gasteiger partial charge in [0, 0.05) is 12.1 Å². The first-order valence-electron chi connectivity index (χ1n) is 10.1. The van der Waals surface area contributed by atoms with Crippen LogP contribution in [0.2, 0.25) is 0 Å². The van der Waals surface area contributed by atoms with Gasteiger partial charge in [-0.3, -0.25) is 4.79 Å². The molecule has 3 aliphatic carbocycles. The van der Waals surface area contributed by atoms with Gasteiger partial charge in [-0.15, -0.1) is 0 Å². The first-order chi connectivity index (χ1) is 13.2. The lowest BCUT2D eigenvalue weighted by atomic mass is 9.78. The van der Waals surface area contributed by atoms with Crippen molar-refractivity contribution in [2.45, 2.75) is 44.4 Å². The van der Waals surface area contributed by atoms with E-state index in [1.165, 1.54) is 31.4 Å². The highest BCUT2D eigenvalue weighted by atomic mass is 19.1. The minimum Gasteiger partial charge on any atom is -0.356 e. The molecule has 1 N–H and O–H groups in total. The Morgan fingerprint density at radius 1 is 1.15 bits per heavy atom. The second-order valence-corrected chi connectivity index (χ2v) is 8.39. The summed E-state index contributed by atoms with van der Waals surface area (Å²) in [5.74, 6) is 2.33. The number of carbonyl (C=O) groups excluding carboxylic acids is 1. The molecule has 3 saturated carbocycles. The lowest BCUT2D eigenvalue weighted by molar-refractivity contribution is -0.127. The molecule has 0 radical (unpaired) electrons. The number of hydrogen-bond donors (Lipinski definition) is 1. The highest BCUT2D eigenvalue weighted by Gasteiger charge is 2.53. The van der Waals surface area contributed by atoms with E-state index in [9.17, 15) is 9.18 Å². The minimum absolute atomic E-state index is 0.00633. The smallest absolute Gasteiger partial charge is 0.231 e. The molecule has 6 heteroatoms. The number of hydrogen-bond acceptors (Lipinski definition) is 4. The van der Waals surface area contributed by atoms with Crippen LogP contribution >= 0.6 is 0 Å². The van der Waals surface area contributed by atoms with Crippen LogP contribution in [0.4, 0.5) is 4.39 Å². The van der Waals surface area contributed by atoms with Gasteiger partial charge in [0.2, 0.25) is 17.6 Å². The van der Waals surface area contributed by atoms with Gasteiger partial charge in [0.15, 0.2) is 0 Å². The third kappa shape index (κ3) is 3.05. The van der Waals surface area contributed by atoms with Crippen LogP contribution in [0, 0.1) is 29.5 Å². The van der Waals surface area contributed by atoms with Crippen LogP contribution in [0.5, 0.6) is 0 Å². The van der Waals surface area contributed by atoms with E-state index in [-0.39, 0.29) is 23.6 Å². The Hall–Kier alpha value is -2.24. The van der Waals surface area contributed by atoms with E-state index in [0.717, 1.165) is 31.4 Å². The van der Waals surface area contributed by atoms with Gasteiger partial charge in [-0.05, 0) is 74.1 Å². The number of halogens is 1. The van der Waals surface area contributed by atoms with Crippen LogP contribution < -0.4 is 5.32 Å². The molecule has 5 nitrogen and oxygen atoms in total. The summed E-state index contributed by atoms with van der Waals surface area (Å²) in [6.07, 6.45) is 7.04. The zero-order valence-corrected chi connectivity index (χ0v) is 15.2. The summed E-state index contributed by atoms with van der Waals surface area (Å²) in [7, 11) is 0. The fraction of sp³-hybridized carbons (Fsp3) is 0.571. The molecule has 4 atom stereocenters. The zero-order chi connectivity index (χ0) is 18.4. The molecule has 5 rings (SSSR count). The predicted octanol–water partition coefficient (Wildman–Crippen LogP) is 3.92. The molecule has 0 saturated heterocycles. The van der Waals surface area contributed by atoms with Crippen molar-refractivity contribution < 1.29 is 13.7 Å². The fourth-order valence-electron chi connectivity index (χ4n) is 5.17. The topological polar surface area (TPSA) is 68.0 Å². The van der Waals surface area contributed by atoms with Crippen LogP contribution in [0.1, 0.15) is 50.3 Å². The zero-order valence-electron chi connectivity index (χ0n) is 15.2. The normalized spacial score (nSPS) is 29.7. The van der Waals surface area contributed by atoms with Gasteiger partial charge in [0.1, 0.15) is 5.82 Å². The van der Waals surface area contributed by atoms with Crippen molar-refractivity contribution in [3.8, 4) is 11.4 Å². The van der Waals surface area contributed by atoms with Gasteiger partial charge in [0.25, 0.3) is 0 Å². The number of rotatable bonds is 5. The van der Waals surface area contributed by atoms with Crippen molar-refractivity contribution in [2.24, 2.45) is 23.7 Å². The van der Waals surface area contributed by atoms with Crippen molar-refractivity contribution >= 4 is 5.91 Å². The van der Waals surface area contributed by atoms with Crippen molar-refractivity contribution in [3.05, 3.63) is 36.0 Å². The SMILES string of the molecule is O=C(NCC1CCC1)[C@H]1[C@H]2CC[C@H](C2)[C@@H]1c1nc(-c2ccc(F)cc2)no1. The van der Waals surface area contributed by atoms with Gasteiger partial charge < -0.3 is 9.84 Å². The molecule has 1 aromatic heterocycles. The number of nitrogens with zero attached hydrogens (tertiary/aromatic N) is 2. The molecule has 27 heavy (non-hydrogen) atoms. The third-order valence-corrected chi connectivity index (χ3v) is 6.84. The first kappa shape index (κ1) is 16.9. The first-order valence-corrected chi connectivity index (χ1v) is 10.1. The molecule has 0 unspecified atom stereocenters. The van der Waals surface area contributed by atoms with Gasteiger partial charge in [-0.2, -0.15) is 4.98 Å². The summed E-state index contributed by atoms with van der Waals surface area (Å²) in [6.45, 7) is 0.796. The summed E-state index contributed by atoms with van der Waals surface area (Å²) < 4.78 is 18.7. The maximum absolute atomic E-state index is 13.1. The Morgan fingerprint density at radius 3 is 2.67 bits per heavy atom. The van der Waals surface area contributed by atoms with Crippen molar-refractivity contribution in [3.63, 3.8) is 0 Å². The molecule has 2 bridgehead atoms. The molecule has 1 heterocycles. The quantitative estimate of drug-likeness (QED) is 0.867. The van der Waals surface area contributed by atoms with Crippen LogP contribution in [-0.2, 0) is 4.79 Å². The molecule has 0 spiro atoms. The van der Waals surface area contributed by atoms with Gasteiger partial charge in [-0.25, -0.2) is 4.39 Å². The Kier molecular flexibility index (Phi) is 4.21. The average Bonchev–Trinajstić information content (AvgIpc) is 3.36. The Bertz CT molecular complexity index is 830. The molecular weight excluding hydrogens is 345 g/mol. The second-order valence-electron chi connectivity index (χ2n) is 8.39. The van der Waals surface area contributed by atoms with Crippen molar-refractivity contribution in [1.82, 2.24) is 15.5 Å². The number of fused-ring (bicyclic) bond motifs is 2. The summed E-state index contributed by atoms with van der Waals surface area (Å²) in [6, 6.07) is 6.07. The maximum Gasteiger partial charge on any atom is 0.231 e. The standard InChI is InChI=1S/C21H24FN3O2/c22-16-8-6-13(7-9-16)19-24-21(27-25-19)18-15-5-4-14(10-15)17(18)20(26)23-11-12-2-1-3-12/h6-9,12,14-15,17-18H,1-5,10-11H2,(H,23,26)/t14-,15+,17-,18-/m0/s1. The van der Waals surface area contributed by atoms with E-state index < -0.39 is 0 Å². The summed E-state index contributed by atoms with van der Waals surface area (Å²) >= 11 is 0. The molecule has 0 aliphatic heterocycles. The highest BCUT2D eigenvalue weighted by Crippen LogP contribution is 2.56. The Morgan fingerprint density at radius 2 is 1.93 bits per heavy atom. The molecule has 1 amide bonds. The molecule has 1 aromatic carbocycles. The van der Waals surface area contributed by atoms with Crippen molar-refractivity contribution in [2.75, 3.05) is 6.54 Å². The van der Waals surface area contributed by atoms with Crippen LogP contribution in [0.25, 0.3) is 11.4 Å². The van der Waals surface area contributed by atoms with Gasteiger partial charge in [-0.1, -0.05) is 11.6 Å². The van der Waals surface area contributed by atoms with E-state index >= 15 is 0 Å². The largest absolute Gasteiger partial charge is 0.356 e.